The van der Waals surface area contributed by atoms with Crippen LogP contribution in [0.5, 0.6) is 5.75 Å². The number of para-hydroxylation sites is 3. The van der Waals surface area contributed by atoms with Gasteiger partial charge >= 0.3 is 11.8 Å². The van der Waals surface area contributed by atoms with Crippen LogP contribution in [0.4, 0.5) is 11.4 Å². The van der Waals surface area contributed by atoms with Gasteiger partial charge in [0.2, 0.25) is 5.91 Å². The number of hydrogen-bond donors (Lipinski definition) is 3. The predicted octanol–water partition coefficient (Wildman–Crippen LogP) is 1.39. The average molecular weight is 327 g/mol. The summed E-state index contributed by atoms with van der Waals surface area (Å²) in [7, 11) is 1.49. The number of anilines is 2. The van der Waals surface area contributed by atoms with Crippen molar-refractivity contribution in [2.45, 2.75) is 0 Å². The van der Waals surface area contributed by atoms with Gasteiger partial charge in [-0.1, -0.05) is 30.3 Å². The Balaban J connectivity index is 1.82. The lowest BCUT2D eigenvalue weighted by molar-refractivity contribution is -0.136. The van der Waals surface area contributed by atoms with Gasteiger partial charge in [-0.15, -0.1) is 0 Å². The van der Waals surface area contributed by atoms with Crippen molar-refractivity contribution < 1.29 is 19.1 Å². The molecule has 0 atom stereocenters. The SMILES string of the molecule is COc1ccccc1NC(=O)CNC(=O)C(=O)Nc1ccccc1. The summed E-state index contributed by atoms with van der Waals surface area (Å²) < 4.78 is 5.11. The zero-order valence-corrected chi connectivity index (χ0v) is 13.0. The lowest BCUT2D eigenvalue weighted by Gasteiger charge is -2.10. The number of rotatable bonds is 5. The number of amides is 3. The van der Waals surface area contributed by atoms with Crippen molar-refractivity contribution in [3.05, 3.63) is 54.6 Å². The highest BCUT2D eigenvalue weighted by atomic mass is 16.5. The highest BCUT2D eigenvalue weighted by Gasteiger charge is 2.15. The number of carbonyl (C=O) groups is 3. The monoisotopic (exact) mass is 327 g/mol. The van der Waals surface area contributed by atoms with E-state index in [2.05, 4.69) is 16.0 Å². The fraction of sp³-hybridized carbons (Fsp3) is 0.118. The van der Waals surface area contributed by atoms with Crippen LogP contribution in [-0.2, 0) is 14.4 Å². The summed E-state index contributed by atoms with van der Waals surface area (Å²) in [6.07, 6.45) is 0. The van der Waals surface area contributed by atoms with E-state index in [0.717, 1.165) is 0 Å². The maximum atomic E-state index is 11.9. The van der Waals surface area contributed by atoms with Crippen molar-refractivity contribution in [3.63, 3.8) is 0 Å². The van der Waals surface area contributed by atoms with E-state index in [4.69, 9.17) is 4.74 Å². The van der Waals surface area contributed by atoms with E-state index in [9.17, 15) is 14.4 Å². The van der Waals surface area contributed by atoms with Crippen LogP contribution in [-0.4, -0.2) is 31.4 Å². The minimum Gasteiger partial charge on any atom is -0.495 e. The Morgan fingerprint density at radius 2 is 1.54 bits per heavy atom. The van der Waals surface area contributed by atoms with E-state index < -0.39 is 17.7 Å². The third kappa shape index (κ3) is 4.84. The molecule has 0 saturated carbocycles. The van der Waals surface area contributed by atoms with Gasteiger partial charge in [0.25, 0.3) is 0 Å². The van der Waals surface area contributed by atoms with Crippen molar-refractivity contribution in [2.75, 3.05) is 24.3 Å². The van der Waals surface area contributed by atoms with E-state index in [1.165, 1.54) is 7.11 Å². The van der Waals surface area contributed by atoms with Crippen LogP contribution in [0.25, 0.3) is 0 Å². The van der Waals surface area contributed by atoms with Crippen molar-refractivity contribution in [1.29, 1.82) is 0 Å². The highest BCUT2D eigenvalue weighted by molar-refractivity contribution is 6.39. The number of carbonyl (C=O) groups excluding carboxylic acids is 3. The molecule has 0 unspecified atom stereocenters. The minimum atomic E-state index is -0.894. The average Bonchev–Trinajstić information content (AvgIpc) is 2.61. The summed E-state index contributed by atoms with van der Waals surface area (Å²) in [6, 6.07) is 15.4. The molecule has 2 aromatic carbocycles. The Bertz CT molecular complexity index is 732. The highest BCUT2D eigenvalue weighted by Crippen LogP contribution is 2.22. The zero-order chi connectivity index (χ0) is 17.4. The van der Waals surface area contributed by atoms with Gasteiger partial charge in [-0.05, 0) is 24.3 Å². The molecule has 0 aliphatic rings. The maximum Gasteiger partial charge on any atom is 0.313 e. The van der Waals surface area contributed by atoms with E-state index in [1.54, 1.807) is 54.6 Å². The number of nitrogens with one attached hydrogen (secondary N) is 3. The number of ether oxygens (including phenoxy) is 1. The van der Waals surface area contributed by atoms with Crippen LogP contribution in [0.15, 0.2) is 54.6 Å². The van der Waals surface area contributed by atoms with Crippen molar-refractivity contribution >= 4 is 29.1 Å². The molecule has 0 fully saturated rings. The molecule has 3 N–H and O–H groups in total. The van der Waals surface area contributed by atoms with E-state index >= 15 is 0 Å². The first-order valence-corrected chi connectivity index (χ1v) is 7.17. The summed E-state index contributed by atoms with van der Waals surface area (Å²) in [5.74, 6) is -1.71. The molecular formula is C17H17N3O4. The maximum absolute atomic E-state index is 11.9. The van der Waals surface area contributed by atoms with E-state index in [-0.39, 0.29) is 6.54 Å². The van der Waals surface area contributed by atoms with Gasteiger partial charge in [0.05, 0.1) is 19.3 Å². The molecule has 0 aliphatic heterocycles. The van der Waals surface area contributed by atoms with Gasteiger partial charge in [-0.25, -0.2) is 0 Å². The predicted molar refractivity (Wildman–Crippen MR) is 89.7 cm³/mol. The Morgan fingerprint density at radius 3 is 2.25 bits per heavy atom. The number of benzene rings is 2. The molecule has 3 amide bonds. The zero-order valence-electron chi connectivity index (χ0n) is 13.0. The normalized spacial score (nSPS) is 9.71. The molecule has 0 saturated heterocycles. The lowest BCUT2D eigenvalue weighted by Crippen LogP contribution is -2.39. The van der Waals surface area contributed by atoms with E-state index in [1.807, 2.05) is 0 Å². The summed E-state index contributed by atoms with van der Waals surface area (Å²) in [5.41, 5.74) is 0.976. The molecular weight excluding hydrogens is 310 g/mol. The standard InChI is InChI=1S/C17H17N3O4/c1-24-14-10-6-5-9-13(14)20-15(21)11-18-16(22)17(23)19-12-7-3-2-4-8-12/h2-10H,11H2,1H3,(H,18,22)(H,19,23)(H,20,21). The van der Waals surface area contributed by atoms with Gasteiger partial charge in [-0.2, -0.15) is 0 Å². The molecule has 0 spiro atoms. The van der Waals surface area contributed by atoms with Crippen molar-refractivity contribution in [2.24, 2.45) is 0 Å². The van der Waals surface area contributed by atoms with Crippen LogP contribution >= 0.6 is 0 Å². The second-order valence-electron chi connectivity index (χ2n) is 4.75. The Hall–Kier alpha value is -3.35. The topological polar surface area (TPSA) is 96.5 Å². The molecule has 0 aliphatic carbocycles. The third-order valence-electron chi connectivity index (χ3n) is 3.03. The molecule has 2 rings (SSSR count). The van der Waals surface area contributed by atoms with Crippen LogP contribution in [0.2, 0.25) is 0 Å². The summed E-state index contributed by atoms with van der Waals surface area (Å²) in [6.45, 7) is -0.334. The number of methoxy groups -OCH3 is 1. The first-order chi connectivity index (χ1) is 11.6. The van der Waals surface area contributed by atoms with Gasteiger partial charge in [0.1, 0.15) is 5.75 Å². The molecule has 0 aromatic heterocycles. The number of hydrogen-bond acceptors (Lipinski definition) is 4. The van der Waals surface area contributed by atoms with Crippen LogP contribution < -0.4 is 20.7 Å². The van der Waals surface area contributed by atoms with Crippen molar-refractivity contribution in [3.8, 4) is 5.75 Å². The lowest BCUT2D eigenvalue weighted by atomic mass is 10.3. The molecule has 0 bridgehead atoms. The van der Waals surface area contributed by atoms with Crippen molar-refractivity contribution in [1.82, 2.24) is 5.32 Å². The minimum absolute atomic E-state index is 0.334. The second kappa shape index (κ2) is 8.33. The Morgan fingerprint density at radius 1 is 0.875 bits per heavy atom. The Labute approximate surface area is 139 Å². The molecule has 0 radical (unpaired) electrons. The smallest absolute Gasteiger partial charge is 0.313 e. The van der Waals surface area contributed by atoms with Crippen LogP contribution in [0.3, 0.4) is 0 Å². The largest absolute Gasteiger partial charge is 0.495 e. The summed E-state index contributed by atoms with van der Waals surface area (Å²) in [5, 5.41) is 7.28. The molecule has 7 nitrogen and oxygen atoms in total. The third-order valence-corrected chi connectivity index (χ3v) is 3.03. The van der Waals surface area contributed by atoms with Gasteiger partial charge in [-0.3, -0.25) is 14.4 Å². The van der Waals surface area contributed by atoms with Gasteiger partial charge in [0.15, 0.2) is 0 Å². The van der Waals surface area contributed by atoms with Gasteiger partial charge in [0, 0.05) is 5.69 Å². The van der Waals surface area contributed by atoms with E-state index in [0.29, 0.717) is 17.1 Å². The molecule has 24 heavy (non-hydrogen) atoms. The summed E-state index contributed by atoms with van der Waals surface area (Å²) >= 11 is 0. The van der Waals surface area contributed by atoms with Gasteiger partial charge < -0.3 is 20.7 Å². The molecule has 124 valence electrons. The Kier molecular flexibility index (Phi) is 5.90. The fourth-order valence-corrected chi connectivity index (χ4v) is 1.89. The fourth-order valence-electron chi connectivity index (χ4n) is 1.89. The first kappa shape index (κ1) is 17.0. The molecule has 2 aromatic rings. The second-order valence-corrected chi connectivity index (χ2v) is 4.75. The molecule has 0 heterocycles. The summed E-state index contributed by atoms with van der Waals surface area (Å²) in [4.78, 5) is 35.3. The van der Waals surface area contributed by atoms with Crippen LogP contribution in [0, 0.1) is 0 Å². The quantitative estimate of drug-likeness (QED) is 0.723. The van der Waals surface area contributed by atoms with Crippen LogP contribution in [0.1, 0.15) is 0 Å². The first-order valence-electron chi connectivity index (χ1n) is 7.17. The molecule has 7 heteroatoms.